The van der Waals surface area contributed by atoms with Crippen LogP contribution in [-0.4, -0.2) is 25.2 Å². The molecule has 7 heteroatoms. The first-order chi connectivity index (χ1) is 11.5. The Morgan fingerprint density at radius 2 is 1.96 bits per heavy atom. The Bertz CT molecular complexity index is 790. The second kappa shape index (κ2) is 8.44. The fourth-order valence-electron chi connectivity index (χ4n) is 1.86. The number of benzene rings is 2. The monoisotopic (exact) mass is 438 g/mol. The maximum atomic E-state index is 12.0. The number of esters is 1. The number of hydrogen-bond acceptors (Lipinski definition) is 5. The van der Waals surface area contributed by atoms with E-state index in [-0.39, 0.29) is 5.91 Å². The van der Waals surface area contributed by atoms with Crippen molar-refractivity contribution in [1.82, 2.24) is 5.43 Å². The molecule has 0 aromatic heterocycles. The normalized spacial score (nSPS) is 10.5. The molecule has 0 aliphatic heterocycles. The lowest BCUT2D eigenvalue weighted by Gasteiger charge is -2.08. The van der Waals surface area contributed by atoms with Crippen molar-refractivity contribution in [3.8, 4) is 11.5 Å². The lowest BCUT2D eigenvalue weighted by atomic mass is 10.2. The van der Waals surface area contributed by atoms with Crippen LogP contribution in [0.4, 0.5) is 0 Å². The van der Waals surface area contributed by atoms with Gasteiger partial charge < -0.3 is 9.47 Å². The molecule has 2 aromatic rings. The van der Waals surface area contributed by atoms with Gasteiger partial charge >= 0.3 is 5.97 Å². The molecular formula is C17H15IN2O4. The maximum absolute atomic E-state index is 12.0. The zero-order valence-electron chi connectivity index (χ0n) is 13.1. The van der Waals surface area contributed by atoms with Gasteiger partial charge in [0.25, 0.3) is 5.91 Å². The van der Waals surface area contributed by atoms with E-state index >= 15 is 0 Å². The molecule has 0 aliphatic rings. The van der Waals surface area contributed by atoms with Crippen molar-refractivity contribution in [3.63, 3.8) is 0 Å². The Hall–Kier alpha value is -2.42. The number of halogens is 1. The van der Waals surface area contributed by atoms with Crippen LogP contribution in [0.25, 0.3) is 0 Å². The van der Waals surface area contributed by atoms with Crippen LogP contribution < -0.4 is 14.9 Å². The number of nitrogens with one attached hydrogen (secondary N) is 1. The Labute approximate surface area is 153 Å². The third kappa shape index (κ3) is 5.05. The average Bonchev–Trinajstić information content (AvgIpc) is 2.55. The van der Waals surface area contributed by atoms with Gasteiger partial charge in [-0.1, -0.05) is 6.07 Å². The van der Waals surface area contributed by atoms with Crippen molar-refractivity contribution in [1.29, 1.82) is 0 Å². The van der Waals surface area contributed by atoms with Crippen molar-refractivity contribution >= 4 is 40.7 Å². The van der Waals surface area contributed by atoms with E-state index in [2.05, 4.69) is 33.1 Å². The molecule has 24 heavy (non-hydrogen) atoms. The fourth-order valence-corrected chi connectivity index (χ4v) is 2.41. The molecule has 1 N–H and O–H groups in total. The lowest BCUT2D eigenvalue weighted by Crippen LogP contribution is -2.17. The summed E-state index contributed by atoms with van der Waals surface area (Å²) in [4.78, 5) is 23.0. The largest absolute Gasteiger partial charge is 0.493 e. The molecule has 2 rings (SSSR count). The Kier molecular flexibility index (Phi) is 6.30. The highest BCUT2D eigenvalue weighted by atomic mass is 127. The van der Waals surface area contributed by atoms with Gasteiger partial charge in [-0.3, -0.25) is 9.59 Å². The van der Waals surface area contributed by atoms with Gasteiger partial charge in [-0.25, -0.2) is 5.43 Å². The molecule has 0 aliphatic carbocycles. The second-order valence-electron chi connectivity index (χ2n) is 4.71. The number of carbonyl (C=O) groups excluding carboxylic acids is 2. The smallest absolute Gasteiger partial charge is 0.308 e. The van der Waals surface area contributed by atoms with Crippen LogP contribution in [0.3, 0.4) is 0 Å². The Morgan fingerprint density at radius 3 is 2.62 bits per heavy atom. The highest BCUT2D eigenvalue weighted by molar-refractivity contribution is 14.1. The average molecular weight is 438 g/mol. The molecule has 0 atom stereocenters. The zero-order chi connectivity index (χ0) is 17.5. The molecule has 0 heterocycles. The highest BCUT2D eigenvalue weighted by Crippen LogP contribution is 2.27. The third-order valence-electron chi connectivity index (χ3n) is 2.91. The molecule has 2 aromatic carbocycles. The summed E-state index contributed by atoms with van der Waals surface area (Å²) >= 11 is 2.14. The van der Waals surface area contributed by atoms with E-state index in [9.17, 15) is 9.59 Å². The van der Waals surface area contributed by atoms with Crippen LogP contribution in [0.2, 0.25) is 0 Å². The number of carbonyl (C=O) groups is 2. The minimum Gasteiger partial charge on any atom is -0.493 e. The van der Waals surface area contributed by atoms with E-state index in [1.54, 1.807) is 36.4 Å². The van der Waals surface area contributed by atoms with Gasteiger partial charge in [0.05, 0.1) is 13.3 Å². The molecule has 0 radical (unpaired) electrons. The van der Waals surface area contributed by atoms with Crippen molar-refractivity contribution in [2.45, 2.75) is 6.92 Å². The van der Waals surface area contributed by atoms with Gasteiger partial charge in [0.2, 0.25) is 0 Å². The standard InChI is InChI=1S/C17H15IN2O4/c1-11(21)24-15-7-6-12(8-16(15)23-2)10-19-20-17(22)13-4-3-5-14(18)9-13/h3-10H,1-2H3,(H,20,22)/b19-10-. The number of amides is 1. The van der Waals surface area contributed by atoms with E-state index in [0.717, 1.165) is 3.57 Å². The molecule has 0 unspecified atom stereocenters. The van der Waals surface area contributed by atoms with Crippen molar-refractivity contribution in [2.24, 2.45) is 5.10 Å². The molecule has 0 saturated heterocycles. The number of nitrogens with zero attached hydrogens (tertiary/aromatic N) is 1. The van der Waals surface area contributed by atoms with Gasteiger partial charge in [0.15, 0.2) is 11.5 Å². The molecule has 0 saturated carbocycles. The Morgan fingerprint density at radius 1 is 1.17 bits per heavy atom. The number of ether oxygens (including phenoxy) is 2. The molecule has 0 spiro atoms. The lowest BCUT2D eigenvalue weighted by molar-refractivity contribution is -0.132. The summed E-state index contributed by atoms with van der Waals surface area (Å²) in [6.45, 7) is 1.31. The van der Waals surface area contributed by atoms with Crippen LogP contribution in [0, 0.1) is 3.57 Å². The summed E-state index contributed by atoms with van der Waals surface area (Å²) in [5, 5.41) is 3.92. The van der Waals surface area contributed by atoms with Gasteiger partial charge in [0.1, 0.15) is 0 Å². The van der Waals surface area contributed by atoms with Crippen LogP contribution in [0.15, 0.2) is 47.6 Å². The van der Waals surface area contributed by atoms with Gasteiger partial charge in [0, 0.05) is 16.1 Å². The SMILES string of the molecule is COc1cc(/C=N\NC(=O)c2cccc(I)c2)ccc1OC(C)=O. The number of methoxy groups -OCH3 is 1. The van der Waals surface area contributed by atoms with Crippen molar-refractivity contribution < 1.29 is 19.1 Å². The van der Waals surface area contributed by atoms with Crippen LogP contribution in [-0.2, 0) is 4.79 Å². The summed E-state index contributed by atoms with van der Waals surface area (Å²) < 4.78 is 11.2. The first-order valence-electron chi connectivity index (χ1n) is 6.95. The first-order valence-corrected chi connectivity index (χ1v) is 8.03. The number of hydrogen-bond donors (Lipinski definition) is 1. The van der Waals surface area contributed by atoms with E-state index < -0.39 is 5.97 Å². The summed E-state index contributed by atoms with van der Waals surface area (Å²) in [6.07, 6.45) is 1.48. The molecule has 0 bridgehead atoms. The van der Waals surface area contributed by atoms with Crippen molar-refractivity contribution in [3.05, 3.63) is 57.2 Å². The zero-order valence-corrected chi connectivity index (χ0v) is 15.2. The minimum atomic E-state index is -0.431. The number of rotatable bonds is 5. The molecule has 0 fully saturated rings. The highest BCUT2D eigenvalue weighted by Gasteiger charge is 2.08. The van der Waals surface area contributed by atoms with E-state index in [1.165, 1.54) is 20.2 Å². The number of hydrazone groups is 1. The third-order valence-corrected chi connectivity index (χ3v) is 3.58. The molecule has 6 nitrogen and oxygen atoms in total. The fraction of sp³-hybridized carbons (Fsp3) is 0.118. The van der Waals surface area contributed by atoms with Gasteiger partial charge in [-0.15, -0.1) is 0 Å². The van der Waals surface area contributed by atoms with Gasteiger partial charge in [-0.2, -0.15) is 5.10 Å². The van der Waals surface area contributed by atoms with E-state index in [1.807, 2.05) is 6.07 Å². The minimum absolute atomic E-state index is 0.298. The van der Waals surface area contributed by atoms with E-state index in [4.69, 9.17) is 9.47 Å². The molecule has 1 amide bonds. The predicted octanol–water partition coefficient (Wildman–Crippen LogP) is 2.99. The predicted molar refractivity (Wildman–Crippen MR) is 98.5 cm³/mol. The summed E-state index contributed by atoms with van der Waals surface area (Å²) in [5.41, 5.74) is 3.68. The Balaban J connectivity index is 2.06. The van der Waals surface area contributed by atoms with Crippen molar-refractivity contribution in [2.75, 3.05) is 7.11 Å². The molecule has 124 valence electrons. The summed E-state index contributed by atoms with van der Waals surface area (Å²) in [6, 6.07) is 12.1. The maximum Gasteiger partial charge on any atom is 0.308 e. The van der Waals surface area contributed by atoms with Gasteiger partial charge in [-0.05, 0) is 64.6 Å². The summed E-state index contributed by atoms with van der Waals surface area (Å²) in [5.74, 6) is -0.00382. The second-order valence-corrected chi connectivity index (χ2v) is 5.96. The van der Waals surface area contributed by atoms with E-state index in [0.29, 0.717) is 22.6 Å². The quantitative estimate of drug-likeness (QED) is 0.256. The molecular weight excluding hydrogens is 423 g/mol. The van der Waals surface area contributed by atoms with Crippen LogP contribution in [0.1, 0.15) is 22.8 Å². The summed E-state index contributed by atoms with van der Waals surface area (Å²) in [7, 11) is 1.47. The van der Waals surface area contributed by atoms with Crippen LogP contribution in [0.5, 0.6) is 11.5 Å². The first kappa shape index (κ1) is 17.9. The van der Waals surface area contributed by atoms with Crippen LogP contribution >= 0.6 is 22.6 Å². The topological polar surface area (TPSA) is 77.0 Å².